The van der Waals surface area contributed by atoms with E-state index in [0.29, 0.717) is 0 Å². The van der Waals surface area contributed by atoms with Gasteiger partial charge in [-0.3, -0.25) is 0 Å². The highest BCUT2D eigenvalue weighted by Crippen LogP contribution is 2.35. The number of halogens is 2. The minimum atomic E-state index is 0.786. The maximum absolute atomic E-state index is 6.14. The Kier molecular flexibility index (Phi) is 3.95. The maximum atomic E-state index is 6.14. The molecular weight excluding hydrogens is 304 g/mol. The molecule has 2 rings (SSSR count). The summed E-state index contributed by atoms with van der Waals surface area (Å²) in [4.78, 5) is 2.27. The molecule has 0 bridgehead atoms. The first kappa shape index (κ1) is 12.0. The zero-order chi connectivity index (χ0) is 11.5. The molecule has 0 spiro atoms. The molecule has 0 fully saturated rings. The van der Waals surface area contributed by atoms with E-state index in [4.69, 9.17) is 11.6 Å². The lowest BCUT2D eigenvalue weighted by molar-refractivity contribution is 1.36. The topological polar surface area (TPSA) is 0 Å². The van der Waals surface area contributed by atoms with Gasteiger partial charge in [-0.1, -0.05) is 57.0 Å². The monoisotopic (exact) mass is 312 g/mol. The first-order valence-corrected chi connectivity index (χ1v) is 6.83. The first-order valence-electron chi connectivity index (χ1n) is 4.85. The van der Waals surface area contributed by atoms with Gasteiger partial charge < -0.3 is 0 Å². The number of hydrogen-bond acceptors (Lipinski definition) is 1. The number of hydrogen-bond donors (Lipinski definition) is 0. The summed E-state index contributed by atoms with van der Waals surface area (Å²) in [5.74, 6) is 0. The average Bonchev–Trinajstić information content (AvgIpc) is 2.27. The maximum Gasteiger partial charge on any atom is 0.0546 e. The molecule has 2 aromatic rings. The largest absolute Gasteiger partial charge is 0.0885 e. The Morgan fingerprint density at radius 2 is 1.75 bits per heavy atom. The van der Waals surface area contributed by atoms with Crippen molar-refractivity contribution in [3.05, 3.63) is 57.5 Å². The van der Waals surface area contributed by atoms with Crippen LogP contribution >= 0.6 is 39.3 Å². The Balaban J connectivity index is 2.26. The van der Waals surface area contributed by atoms with Gasteiger partial charge in [0.15, 0.2) is 0 Å². The number of benzene rings is 2. The van der Waals surface area contributed by atoms with Crippen molar-refractivity contribution in [1.82, 2.24) is 0 Å². The van der Waals surface area contributed by atoms with Gasteiger partial charge in [0.05, 0.1) is 5.02 Å². The zero-order valence-electron chi connectivity index (χ0n) is 8.71. The van der Waals surface area contributed by atoms with Crippen molar-refractivity contribution in [2.75, 3.05) is 0 Å². The van der Waals surface area contributed by atoms with Crippen molar-refractivity contribution in [1.29, 1.82) is 0 Å². The van der Waals surface area contributed by atoms with E-state index in [1.165, 1.54) is 10.5 Å². The zero-order valence-corrected chi connectivity index (χ0v) is 11.9. The van der Waals surface area contributed by atoms with Crippen molar-refractivity contribution in [2.24, 2.45) is 0 Å². The van der Waals surface area contributed by atoms with Crippen molar-refractivity contribution in [3.8, 4) is 0 Å². The third-order valence-electron chi connectivity index (χ3n) is 2.14. The summed E-state index contributed by atoms with van der Waals surface area (Å²) in [6.07, 6.45) is 0. The van der Waals surface area contributed by atoms with Crippen LogP contribution < -0.4 is 0 Å². The molecule has 0 aromatic heterocycles. The minimum Gasteiger partial charge on any atom is -0.0885 e. The molecule has 2 aromatic carbocycles. The number of rotatable bonds is 2. The van der Waals surface area contributed by atoms with Crippen LogP contribution in [-0.2, 0) is 0 Å². The lowest BCUT2D eigenvalue weighted by Crippen LogP contribution is -1.77. The Morgan fingerprint density at radius 1 is 1.06 bits per heavy atom. The van der Waals surface area contributed by atoms with E-state index in [9.17, 15) is 0 Å². The molecule has 0 saturated carbocycles. The lowest BCUT2D eigenvalue weighted by atomic mass is 10.2. The van der Waals surface area contributed by atoms with Crippen LogP contribution in [0.4, 0.5) is 0 Å². The minimum absolute atomic E-state index is 0.786. The molecule has 0 nitrogen and oxygen atoms in total. The molecule has 0 aliphatic carbocycles. The molecule has 0 radical (unpaired) electrons. The van der Waals surface area contributed by atoms with Crippen LogP contribution in [0.5, 0.6) is 0 Å². The average molecular weight is 314 g/mol. The van der Waals surface area contributed by atoms with Crippen LogP contribution in [0.25, 0.3) is 0 Å². The molecule has 0 aliphatic rings. The van der Waals surface area contributed by atoms with Gasteiger partial charge in [0.25, 0.3) is 0 Å². The van der Waals surface area contributed by atoms with Crippen LogP contribution in [0, 0.1) is 6.92 Å². The van der Waals surface area contributed by atoms with E-state index in [-0.39, 0.29) is 0 Å². The molecule has 16 heavy (non-hydrogen) atoms. The van der Waals surface area contributed by atoms with Gasteiger partial charge in [-0.15, -0.1) is 0 Å². The van der Waals surface area contributed by atoms with Crippen LogP contribution in [0.15, 0.2) is 56.7 Å². The molecule has 0 amide bonds. The predicted molar refractivity (Wildman–Crippen MR) is 74.5 cm³/mol. The standard InChI is InChI=1S/C13H10BrClS/c1-9-2-5-11(6-3-9)16-13-8-10(14)4-7-12(13)15/h2-8H,1H3. The molecule has 3 heteroatoms. The Labute approximate surface area is 113 Å². The second kappa shape index (κ2) is 5.26. The summed E-state index contributed by atoms with van der Waals surface area (Å²) < 4.78 is 1.05. The Bertz CT molecular complexity index is 494. The summed E-state index contributed by atoms with van der Waals surface area (Å²) in [6, 6.07) is 14.3. The van der Waals surface area contributed by atoms with Crippen molar-refractivity contribution in [2.45, 2.75) is 16.7 Å². The van der Waals surface area contributed by atoms with Crippen LogP contribution in [0.3, 0.4) is 0 Å². The SMILES string of the molecule is Cc1ccc(Sc2cc(Br)ccc2Cl)cc1. The Morgan fingerprint density at radius 3 is 2.44 bits per heavy atom. The van der Waals surface area contributed by atoms with Crippen LogP contribution in [0.1, 0.15) is 5.56 Å². The summed E-state index contributed by atoms with van der Waals surface area (Å²) in [7, 11) is 0. The van der Waals surface area contributed by atoms with Crippen molar-refractivity contribution in [3.63, 3.8) is 0 Å². The van der Waals surface area contributed by atoms with Gasteiger partial charge >= 0.3 is 0 Å². The Hall–Kier alpha value is -0.440. The smallest absolute Gasteiger partial charge is 0.0546 e. The molecular formula is C13H10BrClS. The van der Waals surface area contributed by atoms with E-state index in [1.54, 1.807) is 11.8 Å². The van der Waals surface area contributed by atoms with Gasteiger partial charge in [0, 0.05) is 14.3 Å². The van der Waals surface area contributed by atoms with Crippen LogP contribution in [0.2, 0.25) is 5.02 Å². The molecule has 0 atom stereocenters. The lowest BCUT2D eigenvalue weighted by Gasteiger charge is -2.05. The van der Waals surface area contributed by atoms with E-state index in [0.717, 1.165) is 14.4 Å². The van der Waals surface area contributed by atoms with Crippen molar-refractivity contribution < 1.29 is 0 Å². The fraction of sp³-hybridized carbons (Fsp3) is 0.0769. The van der Waals surface area contributed by atoms with E-state index in [1.807, 2.05) is 18.2 Å². The quantitative estimate of drug-likeness (QED) is 0.699. The fourth-order valence-corrected chi connectivity index (χ4v) is 2.91. The molecule has 82 valence electrons. The van der Waals surface area contributed by atoms with Crippen LogP contribution in [-0.4, -0.2) is 0 Å². The summed E-state index contributed by atoms with van der Waals surface area (Å²) >= 11 is 11.3. The predicted octanol–water partition coefficient (Wildman–Crippen LogP) is 5.56. The molecule has 0 unspecified atom stereocenters. The van der Waals surface area contributed by atoms with Crippen molar-refractivity contribution >= 4 is 39.3 Å². The highest BCUT2D eigenvalue weighted by molar-refractivity contribution is 9.10. The van der Waals surface area contributed by atoms with E-state index < -0.39 is 0 Å². The first-order chi connectivity index (χ1) is 7.65. The van der Waals surface area contributed by atoms with Gasteiger partial charge in [0.2, 0.25) is 0 Å². The fourth-order valence-electron chi connectivity index (χ4n) is 1.29. The normalized spacial score (nSPS) is 10.4. The van der Waals surface area contributed by atoms with E-state index in [2.05, 4.69) is 47.1 Å². The van der Waals surface area contributed by atoms with Gasteiger partial charge in [-0.2, -0.15) is 0 Å². The van der Waals surface area contributed by atoms with Gasteiger partial charge in [-0.25, -0.2) is 0 Å². The van der Waals surface area contributed by atoms with E-state index >= 15 is 0 Å². The van der Waals surface area contributed by atoms with Gasteiger partial charge in [0.1, 0.15) is 0 Å². The molecule has 0 saturated heterocycles. The molecule has 0 aliphatic heterocycles. The summed E-state index contributed by atoms with van der Waals surface area (Å²) in [5.41, 5.74) is 1.27. The summed E-state index contributed by atoms with van der Waals surface area (Å²) in [6.45, 7) is 2.08. The highest BCUT2D eigenvalue weighted by atomic mass is 79.9. The highest BCUT2D eigenvalue weighted by Gasteiger charge is 2.03. The summed E-state index contributed by atoms with van der Waals surface area (Å²) in [5, 5.41) is 0.786. The second-order valence-corrected chi connectivity index (χ2v) is 5.93. The number of aryl methyl sites for hydroxylation is 1. The molecule has 0 heterocycles. The molecule has 0 N–H and O–H groups in total. The third-order valence-corrected chi connectivity index (χ3v) is 4.14. The second-order valence-electron chi connectivity index (χ2n) is 3.49. The van der Waals surface area contributed by atoms with Gasteiger partial charge in [-0.05, 0) is 37.3 Å². The third kappa shape index (κ3) is 3.03.